The molecule has 20 heavy (non-hydrogen) atoms. The molecule has 108 valence electrons. The predicted octanol–water partition coefficient (Wildman–Crippen LogP) is 2.08. The fourth-order valence-electron chi connectivity index (χ4n) is 2.44. The van der Waals surface area contributed by atoms with Gasteiger partial charge in [-0.25, -0.2) is 0 Å². The molecule has 1 aliphatic rings. The highest BCUT2D eigenvalue weighted by molar-refractivity contribution is 6.30. The summed E-state index contributed by atoms with van der Waals surface area (Å²) >= 11 is 5.85. The van der Waals surface area contributed by atoms with Crippen LogP contribution >= 0.6 is 11.6 Å². The molecule has 6 heteroatoms. The molecule has 0 aliphatic carbocycles. The molecule has 2 rings (SSSR count). The van der Waals surface area contributed by atoms with E-state index in [0.717, 1.165) is 13.0 Å². The Balaban J connectivity index is 1.79. The molecule has 0 saturated carbocycles. The predicted molar refractivity (Wildman–Crippen MR) is 76.9 cm³/mol. The van der Waals surface area contributed by atoms with E-state index < -0.39 is 5.97 Å². The minimum atomic E-state index is -0.778. The zero-order valence-corrected chi connectivity index (χ0v) is 11.8. The molecular formula is C14H17ClN2O3. The lowest BCUT2D eigenvalue weighted by atomic mass is 10.1. The van der Waals surface area contributed by atoms with E-state index in [1.54, 1.807) is 24.3 Å². The number of anilines is 1. The highest BCUT2D eigenvalue weighted by Crippen LogP contribution is 2.19. The molecule has 1 unspecified atom stereocenters. The first-order chi connectivity index (χ1) is 9.52. The Kier molecular flexibility index (Phi) is 4.98. The molecule has 5 nitrogen and oxygen atoms in total. The van der Waals surface area contributed by atoms with Gasteiger partial charge in [0.25, 0.3) is 0 Å². The topological polar surface area (TPSA) is 69.6 Å². The van der Waals surface area contributed by atoms with E-state index in [1.807, 2.05) is 4.90 Å². The largest absolute Gasteiger partial charge is 0.481 e. The van der Waals surface area contributed by atoms with Crippen LogP contribution in [0.2, 0.25) is 5.02 Å². The van der Waals surface area contributed by atoms with E-state index in [4.69, 9.17) is 16.7 Å². The number of nitrogens with one attached hydrogen (secondary N) is 1. The molecule has 1 heterocycles. The summed E-state index contributed by atoms with van der Waals surface area (Å²) in [6, 6.07) is 6.99. The zero-order chi connectivity index (χ0) is 14.5. The molecule has 1 aromatic rings. The summed E-state index contributed by atoms with van der Waals surface area (Å²) in [5.74, 6) is -0.741. The van der Waals surface area contributed by atoms with Crippen molar-refractivity contribution in [2.75, 3.05) is 25.0 Å². The lowest BCUT2D eigenvalue weighted by molar-refractivity contribution is -0.138. The van der Waals surface area contributed by atoms with Crippen LogP contribution in [0.25, 0.3) is 0 Å². The van der Waals surface area contributed by atoms with Gasteiger partial charge in [0.2, 0.25) is 5.91 Å². The highest BCUT2D eigenvalue weighted by atomic mass is 35.5. The number of rotatable bonds is 5. The fourth-order valence-corrected chi connectivity index (χ4v) is 2.63. The smallest absolute Gasteiger partial charge is 0.303 e. The van der Waals surface area contributed by atoms with Gasteiger partial charge in [-0.2, -0.15) is 0 Å². The number of carboxylic acid groups (broad SMARTS) is 1. The van der Waals surface area contributed by atoms with Crippen molar-refractivity contribution in [1.82, 2.24) is 4.90 Å². The van der Waals surface area contributed by atoms with Gasteiger partial charge in [0.05, 0.1) is 6.54 Å². The Morgan fingerprint density at radius 3 is 2.95 bits per heavy atom. The molecule has 1 aliphatic heterocycles. The van der Waals surface area contributed by atoms with Crippen LogP contribution in [0.3, 0.4) is 0 Å². The second kappa shape index (κ2) is 6.72. The molecule has 0 spiro atoms. The molecule has 0 bridgehead atoms. The molecule has 0 radical (unpaired) electrons. The van der Waals surface area contributed by atoms with Gasteiger partial charge in [0, 0.05) is 23.7 Å². The van der Waals surface area contributed by atoms with E-state index in [9.17, 15) is 9.59 Å². The molecule has 1 fully saturated rings. The van der Waals surface area contributed by atoms with Gasteiger partial charge in [-0.1, -0.05) is 17.7 Å². The van der Waals surface area contributed by atoms with Gasteiger partial charge < -0.3 is 10.4 Å². The second-order valence-corrected chi connectivity index (χ2v) is 5.48. The summed E-state index contributed by atoms with van der Waals surface area (Å²) in [5, 5.41) is 12.1. The van der Waals surface area contributed by atoms with Crippen LogP contribution in [0.5, 0.6) is 0 Å². The summed E-state index contributed by atoms with van der Waals surface area (Å²) < 4.78 is 0. The fraction of sp³-hybridized carbons (Fsp3) is 0.429. The number of benzene rings is 1. The summed E-state index contributed by atoms with van der Waals surface area (Å²) in [6.07, 6.45) is 1.00. The molecule has 1 aromatic carbocycles. The number of nitrogens with zero attached hydrogens (tertiary/aromatic N) is 1. The maximum atomic E-state index is 11.9. The Morgan fingerprint density at radius 1 is 1.45 bits per heavy atom. The first-order valence-electron chi connectivity index (χ1n) is 6.52. The Hall–Kier alpha value is -1.59. The maximum absolute atomic E-state index is 11.9. The molecule has 1 amide bonds. The van der Waals surface area contributed by atoms with E-state index >= 15 is 0 Å². The zero-order valence-electron chi connectivity index (χ0n) is 11.0. The average Bonchev–Trinajstić information content (AvgIpc) is 2.75. The number of halogens is 1. The molecule has 0 aromatic heterocycles. The summed E-state index contributed by atoms with van der Waals surface area (Å²) in [6.45, 7) is 1.71. The van der Waals surface area contributed by atoms with Gasteiger partial charge in [-0.3, -0.25) is 14.5 Å². The summed E-state index contributed by atoms with van der Waals surface area (Å²) in [5.41, 5.74) is 0.670. The Labute approximate surface area is 122 Å². The van der Waals surface area contributed by atoms with Crippen LogP contribution < -0.4 is 5.32 Å². The first kappa shape index (κ1) is 14.8. The number of aliphatic carboxylic acids is 1. The maximum Gasteiger partial charge on any atom is 0.303 e. The van der Waals surface area contributed by atoms with Crippen LogP contribution in [0.15, 0.2) is 24.3 Å². The van der Waals surface area contributed by atoms with Crippen molar-refractivity contribution in [3.05, 3.63) is 29.3 Å². The van der Waals surface area contributed by atoms with Crippen molar-refractivity contribution in [2.24, 2.45) is 5.92 Å². The average molecular weight is 297 g/mol. The summed E-state index contributed by atoms with van der Waals surface area (Å²) in [4.78, 5) is 24.5. The number of carbonyl (C=O) groups excluding carboxylic acids is 1. The van der Waals surface area contributed by atoms with Gasteiger partial charge in [0.15, 0.2) is 0 Å². The van der Waals surface area contributed by atoms with E-state index in [0.29, 0.717) is 17.3 Å². The number of hydrogen-bond donors (Lipinski definition) is 2. The van der Waals surface area contributed by atoms with Crippen LogP contribution in [-0.2, 0) is 9.59 Å². The van der Waals surface area contributed by atoms with Crippen molar-refractivity contribution >= 4 is 29.2 Å². The van der Waals surface area contributed by atoms with Gasteiger partial charge in [-0.15, -0.1) is 0 Å². The number of hydrogen-bond acceptors (Lipinski definition) is 3. The monoisotopic (exact) mass is 296 g/mol. The molecule has 1 saturated heterocycles. The lowest BCUT2D eigenvalue weighted by Gasteiger charge is -2.15. The summed E-state index contributed by atoms with van der Waals surface area (Å²) in [7, 11) is 0. The normalized spacial score (nSPS) is 18.9. The quantitative estimate of drug-likeness (QED) is 0.873. The van der Waals surface area contributed by atoms with Crippen LogP contribution in [0.1, 0.15) is 12.8 Å². The number of carbonyl (C=O) groups is 2. The van der Waals surface area contributed by atoms with Crippen LogP contribution in [0, 0.1) is 5.92 Å². The third-order valence-electron chi connectivity index (χ3n) is 3.31. The van der Waals surface area contributed by atoms with Crippen molar-refractivity contribution < 1.29 is 14.7 Å². The minimum absolute atomic E-state index is 0.108. The first-order valence-corrected chi connectivity index (χ1v) is 6.90. The van der Waals surface area contributed by atoms with Gasteiger partial charge >= 0.3 is 5.97 Å². The van der Waals surface area contributed by atoms with Crippen molar-refractivity contribution in [3.63, 3.8) is 0 Å². The Morgan fingerprint density at radius 2 is 2.25 bits per heavy atom. The standard InChI is InChI=1S/C14H17ClN2O3/c15-11-2-1-3-12(7-11)16-13(18)9-17-5-4-10(8-17)6-14(19)20/h1-3,7,10H,4-6,8-9H2,(H,16,18)(H,19,20). The number of likely N-dealkylation sites (tertiary alicyclic amines) is 1. The molecule has 2 N–H and O–H groups in total. The van der Waals surface area contributed by atoms with E-state index in [-0.39, 0.29) is 24.8 Å². The molecule has 1 atom stereocenters. The van der Waals surface area contributed by atoms with E-state index in [2.05, 4.69) is 5.32 Å². The third kappa shape index (κ3) is 4.51. The third-order valence-corrected chi connectivity index (χ3v) is 3.54. The van der Waals surface area contributed by atoms with Crippen LogP contribution in [0.4, 0.5) is 5.69 Å². The Bertz CT molecular complexity index is 507. The SMILES string of the molecule is O=C(O)CC1CCN(CC(=O)Nc2cccc(Cl)c2)C1. The van der Waals surface area contributed by atoms with Gasteiger partial charge in [-0.05, 0) is 37.1 Å². The van der Waals surface area contributed by atoms with Crippen molar-refractivity contribution in [2.45, 2.75) is 12.8 Å². The molecular weight excluding hydrogens is 280 g/mol. The van der Waals surface area contributed by atoms with Gasteiger partial charge in [0.1, 0.15) is 0 Å². The number of amides is 1. The van der Waals surface area contributed by atoms with Crippen LogP contribution in [-0.4, -0.2) is 41.5 Å². The lowest BCUT2D eigenvalue weighted by Crippen LogP contribution is -2.31. The van der Waals surface area contributed by atoms with Crippen molar-refractivity contribution in [3.8, 4) is 0 Å². The number of carboxylic acids is 1. The highest BCUT2D eigenvalue weighted by Gasteiger charge is 2.25. The second-order valence-electron chi connectivity index (χ2n) is 5.05. The van der Waals surface area contributed by atoms with E-state index in [1.165, 1.54) is 0 Å². The minimum Gasteiger partial charge on any atom is -0.481 e. The van der Waals surface area contributed by atoms with Crippen molar-refractivity contribution in [1.29, 1.82) is 0 Å².